The lowest BCUT2D eigenvalue weighted by molar-refractivity contribution is -0.611. The van der Waals surface area contributed by atoms with E-state index >= 15 is 0 Å². The van der Waals surface area contributed by atoms with E-state index in [0.29, 0.717) is 5.92 Å². The predicted octanol–water partition coefficient (Wildman–Crippen LogP) is 2.85. The minimum atomic E-state index is -0.274. The molecule has 1 fully saturated rings. The molecule has 0 saturated carbocycles. The summed E-state index contributed by atoms with van der Waals surface area (Å²) in [6.07, 6.45) is 1.88. The fourth-order valence-electron chi connectivity index (χ4n) is 1.93. The van der Waals surface area contributed by atoms with E-state index in [1.54, 1.807) is 0 Å². The van der Waals surface area contributed by atoms with Crippen molar-refractivity contribution in [1.29, 1.82) is 0 Å². The first-order valence-corrected chi connectivity index (χ1v) is 5.02. The lowest BCUT2D eigenvalue weighted by Gasteiger charge is -2.46. The van der Waals surface area contributed by atoms with Crippen molar-refractivity contribution in [3.63, 3.8) is 0 Å². The van der Waals surface area contributed by atoms with Crippen LogP contribution in [-0.4, -0.2) is 11.2 Å². The van der Waals surface area contributed by atoms with Gasteiger partial charge in [-0.1, -0.05) is 25.8 Å². The smallest absolute Gasteiger partial charge is 0.112 e. The molecule has 0 radical (unpaired) electrons. The molecular formula is C10H20O3. The van der Waals surface area contributed by atoms with Gasteiger partial charge in [-0.3, -0.25) is 0 Å². The van der Waals surface area contributed by atoms with Crippen LogP contribution in [0.3, 0.4) is 0 Å². The Labute approximate surface area is 80.2 Å². The topological polar surface area (TPSA) is 27.7 Å². The van der Waals surface area contributed by atoms with Crippen molar-refractivity contribution in [3.05, 3.63) is 0 Å². The minimum absolute atomic E-state index is 0.193. The molecule has 0 spiro atoms. The molecule has 3 heteroatoms. The molecule has 0 amide bonds. The zero-order valence-corrected chi connectivity index (χ0v) is 9.22. The SMILES string of the molecule is CCC1(CC)OOOC(C)(C)C1C. The van der Waals surface area contributed by atoms with E-state index < -0.39 is 0 Å². The van der Waals surface area contributed by atoms with Crippen molar-refractivity contribution in [1.82, 2.24) is 0 Å². The second-order valence-electron chi connectivity index (χ2n) is 4.33. The van der Waals surface area contributed by atoms with Crippen LogP contribution >= 0.6 is 0 Å². The molecule has 0 aromatic heterocycles. The van der Waals surface area contributed by atoms with E-state index in [0.717, 1.165) is 12.8 Å². The Morgan fingerprint density at radius 3 is 2.00 bits per heavy atom. The van der Waals surface area contributed by atoms with Crippen LogP contribution in [0.25, 0.3) is 0 Å². The molecule has 0 aromatic carbocycles. The minimum Gasteiger partial charge on any atom is -0.200 e. The van der Waals surface area contributed by atoms with Gasteiger partial charge in [0.05, 0.1) is 0 Å². The van der Waals surface area contributed by atoms with E-state index in [1.807, 2.05) is 13.8 Å². The summed E-state index contributed by atoms with van der Waals surface area (Å²) in [6, 6.07) is 0. The maximum atomic E-state index is 5.29. The van der Waals surface area contributed by atoms with Crippen LogP contribution in [0.4, 0.5) is 0 Å². The zero-order valence-electron chi connectivity index (χ0n) is 9.22. The summed E-state index contributed by atoms with van der Waals surface area (Å²) in [6.45, 7) is 10.4. The van der Waals surface area contributed by atoms with Crippen molar-refractivity contribution in [2.45, 2.75) is 58.7 Å². The van der Waals surface area contributed by atoms with Gasteiger partial charge in [0.15, 0.2) is 0 Å². The van der Waals surface area contributed by atoms with Crippen molar-refractivity contribution >= 4 is 0 Å². The normalized spacial score (nSPS) is 31.6. The summed E-state index contributed by atoms with van der Waals surface area (Å²) in [5.41, 5.74) is -0.466. The van der Waals surface area contributed by atoms with Crippen LogP contribution in [0.2, 0.25) is 0 Å². The highest BCUT2D eigenvalue weighted by Crippen LogP contribution is 2.42. The zero-order chi connectivity index (χ0) is 10.1. The highest BCUT2D eigenvalue weighted by atomic mass is 17.5. The Morgan fingerprint density at radius 2 is 1.62 bits per heavy atom. The fraction of sp³-hybridized carbons (Fsp3) is 1.00. The Morgan fingerprint density at radius 1 is 1.08 bits per heavy atom. The lowest BCUT2D eigenvalue weighted by Crippen LogP contribution is -2.54. The van der Waals surface area contributed by atoms with Gasteiger partial charge in [0.2, 0.25) is 0 Å². The third-order valence-electron chi connectivity index (χ3n) is 3.48. The molecule has 0 N–H and O–H groups in total. The summed E-state index contributed by atoms with van der Waals surface area (Å²) in [7, 11) is 0. The summed E-state index contributed by atoms with van der Waals surface area (Å²) < 4.78 is 0. The number of hydrogen-bond acceptors (Lipinski definition) is 3. The van der Waals surface area contributed by atoms with Crippen LogP contribution < -0.4 is 0 Å². The molecule has 1 saturated heterocycles. The Bertz CT molecular complexity index is 173. The maximum Gasteiger partial charge on any atom is 0.112 e. The monoisotopic (exact) mass is 188 g/mol. The maximum absolute atomic E-state index is 5.29. The molecule has 0 aromatic rings. The molecule has 0 aliphatic carbocycles. The summed E-state index contributed by atoms with van der Waals surface area (Å²) >= 11 is 0. The molecule has 1 unspecified atom stereocenters. The number of rotatable bonds is 2. The number of hydrogen-bond donors (Lipinski definition) is 0. The van der Waals surface area contributed by atoms with Gasteiger partial charge in [-0.25, -0.2) is 0 Å². The van der Waals surface area contributed by atoms with Crippen LogP contribution in [0, 0.1) is 5.92 Å². The molecule has 1 aliphatic rings. The molecule has 1 atom stereocenters. The molecule has 0 bridgehead atoms. The van der Waals surface area contributed by atoms with Crippen LogP contribution in [0.15, 0.2) is 0 Å². The van der Waals surface area contributed by atoms with Gasteiger partial charge in [-0.05, 0) is 26.7 Å². The third-order valence-corrected chi connectivity index (χ3v) is 3.48. The Kier molecular flexibility index (Phi) is 3.00. The first kappa shape index (κ1) is 11.0. The molecule has 1 heterocycles. The first-order chi connectivity index (χ1) is 5.98. The van der Waals surface area contributed by atoms with Crippen LogP contribution in [-0.2, 0) is 14.8 Å². The van der Waals surface area contributed by atoms with Crippen molar-refractivity contribution in [2.24, 2.45) is 5.92 Å². The van der Waals surface area contributed by atoms with E-state index in [-0.39, 0.29) is 11.2 Å². The Balaban J connectivity index is 2.85. The van der Waals surface area contributed by atoms with Gasteiger partial charge in [-0.15, -0.1) is 0 Å². The molecule has 13 heavy (non-hydrogen) atoms. The van der Waals surface area contributed by atoms with E-state index in [9.17, 15) is 0 Å². The average molecular weight is 188 g/mol. The molecule has 1 rings (SSSR count). The lowest BCUT2D eigenvalue weighted by atomic mass is 9.75. The van der Waals surface area contributed by atoms with E-state index in [1.165, 1.54) is 0 Å². The molecular weight excluding hydrogens is 168 g/mol. The predicted molar refractivity (Wildman–Crippen MR) is 49.8 cm³/mol. The van der Waals surface area contributed by atoms with Gasteiger partial charge >= 0.3 is 0 Å². The summed E-state index contributed by atoms with van der Waals surface area (Å²) in [5, 5.41) is 4.75. The second-order valence-corrected chi connectivity index (χ2v) is 4.33. The van der Waals surface area contributed by atoms with Gasteiger partial charge < -0.3 is 0 Å². The quantitative estimate of drug-likeness (QED) is 0.624. The standard InChI is InChI=1S/C10H20O3/c1-6-10(7-2)8(3)9(4,5)11-13-12-10/h8H,6-7H2,1-5H3. The van der Waals surface area contributed by atoms with Gasteiger partial charge in [0, 0.05) is 5.92 Å². The van der Waals surface area contributed by atoms with E-state index in [2.05, 4.69) is 20.8 Å². The molecule has 1 aliphatic heterocycles. The summed E-state index contributed by atoms with van der Waals surface area (Å²) in [5.74, 6) is 0.323. The van der Waals surface area contributed by atoms with Crippen molar-refractivity contribution in [3.8, 4) is 0 Å². The van der Waals surface area contributed by atoms with Crippen molar-refractivity contribution < 1.29 is 14.8 Å². The molecule has 3 nitrogen and oxygen atoms in total. The average Bonchev–Trinajstić information content (AvgIpc) is 2.10. The summed E-state index contributed by atoms with van der Waals surface area (Å²) in [4.78, 5) is 10.4. The van der Waals surface area contributed by atoms with Crippen molar-refractivity contribution in [2.75, 3.05) is 0 Å². The van der Waals surface area contributed by atoms with Gasteiger partial charge in [-0.2, -0.15) is 9.78 Å². The third kappa shape index (κ3) is 1.73. The second kappa shape index (κ2) is 3.56. The largest absolute Gasteiger partial charge is 0.200 e. The van der Waals surface area contributed by atoms with Crippen LogP contribution in [0.1, 0.15) is 47.5 Å². The fourth-order valence-corrected chi connectivity index (χ4v) is 1.93. The van der Waals surface area contributed by atoms with Gasteiger partial charge in [0.1, 0.15) is 11.2 Å². The van der Waals surface area contributed by atoms with Crippen LogP contribution in [0.5, 0.6) is 0 Å². The Hall–Kier alpha value is -0.120. The highest BCUT2D eigenvalue weighted by Gasteiger charge is 2.49. The van der Waals surface area contributed by atoms with Gasteiger partial charge in [0.25, 0.3) is 0 Å². The molecule has 78 valence electrons. The highest BCUT2D eigenvalue weighted by molar-refractivity contribution is 4.93. The first-order valence-electron chi connectivity index (χ1n) is 5.02. The van der Waals surface area contributed by atoms with E-state index in [4.69, 9.17) is 14.8 Å².